The molecule has 0 aliphatic rings. The molecule has 0 radical (unpaired) electrons. The summed E-state index contributed by atoms with van der Waals surface area (Å²) in [6.45, 7) is 3.24. The Balaban J connectivity index is 2.70. The van der Waals surface area contributed by atoms with Crippen LogP contribution in [0.4, 0.5) is 0 Å². The van der Waals surface area contributed by atoms with Crippen molar-refractivity contribution in [3.8, 4) is 0 Å². The lowest BCUT2D eigenvalue weighted by Crippen LogP contribution is -2.38. The lowest BCUT2D eigenvalue weighted by atomic mass is 9.99. The van der Waals surface area contributed by atoms with Crippen LogP contribution in [0.3, 0.4) is 0 Å². The molecule has 0 heterocycles. The van der Waals surface area contributed by atoms with Gasteiger partial charge in [-0.1, -0.05) is 29.8 Å². The number of unbranched alkanes of at least 4 members (excludes halogenated alkanes) is 2. The Morgan fingerprint density at radius 2 is 1.95 bits per heavy atom. The van der Waals surface area contributed by atoms with E-state index in [1.807, 2.05) is 31.2 Å². The molecule has 0 fully saturated rings. The Kier molecular flexibility index (Phi) is 7.39. The van der Waals surface area contributed by atoms with Gasteiger partial charge in [-0.2, -0.15) is 0 Å². The number of hydrogen-bond donors (Lipinski definition) is 2. The van der Waals surface area contributed by atoms with Gasteiger partial charge in [0.1, 0.15) is 0 Å². The predicted molar refractivity (Wildman–Crippen MR) is 81.4 cm³/mol. The Morgan fingerprint density at radius 1 is 1.26 bits per heavy atom. The highest BCUT2D eigenvalue weighted by Gasteiger charge is 2.22. The molecule has 0 aliphatic heterocycles. The third kappa shape index (κ3) is 5.11. The van der Waals surface area contributed by atoms with Crippen molar-refractivity contribution in [1.82, 2.24) is 4.90 Å². The molecule has 0 spiro atoms. The van der Waals surface area contributed by atoms with Crippen molar-refractivity contribution in [2.75, 3.05) is 20.2 Å². The van der Waals surface area contributed by atoms with Gasteiger partial charge < -0.3 is 10.8 Å². The predicted octanol–water partition coefficient (Wildman–Crippen LogP) is 2.82. The molecule has 108 valence electrons. The number of likely N-dealkylation sites (N-methyl/N-ethyl adjacent to an activating group) is 1. The van der Waals surface area contributed by atoms with E-state index in [0.29, 0.717) is 0 Å². The summed E-state index contributed by atoms with van der Waals surface area (Å²) >= 11 is 6.28. The Bertz CT molecular complexity index is 371. The first-order valence-corrected chi connectivity index (χ1v) is 7.26. The van der Waals surface area contributed by atoms with Gasteiger partial charge in [0.15, 0.2) is 0 Å². The van der Waals surface area contributed by atoms with Crippen LogP contribution in [0.5, 0.6) is 0 Å². The normalized spacial score (nSPS) is 14.6. The second-order valence-corrected chi connectivity index (χ2v) is 5.50. The fourth-order valence-electron chi connectivity index (χ4n) is 2.43. The van der Waals surface area contributed by atoms with Gasteiger partial charge in [-0.15, -0.1) is 0 Å². The lowest BCUT2D eigenvalue weighted by Gasteiger charge is -2.32. The number of halogens is 1. The lowest BCUT2D eigenvalue weighted by molar-refractivity contribution is 0.210. The molecule has 1 rings (SSSR count). The minimum absolute atomic E-state index is 0.0164. The van der Waals surface area contributed by atoms with E-state index in [9.17, 15) is 0 Å². The zero-order valence-corrected chi connectivity index (χ0v) is 12.6. The number of rotatable bonds is 8. The second kappa shape index (κ2) is 8.54. The summed E-state index contributed by atoms with van der Waals surface area (Å²) in [5.74, 6) is 0. The maximum Gasteiger partial charge on any atom is 0.0508 e. The number of aliphatic hydroxyl groups excluding tert-OH is 1. The molecule has 19 heavy (non-hydrogen) atoms. The highest BCUT2D eigenvalue weighted by Crippen LogP contribution is 2.28. The summed E-state index contributed by atoms with van der Waals surface area (Å²) in [5, 5.41) is 9.56. The van der Waals surface area contributed by atoms with E-state index >= 15 is 0 Å². The van der Waals surface area contributed by atoms with Gasteiger partial charge >= 0.3 is 0 Å². The van der Waals surface area contributed by atoms with Crippen molar-refractivity contribution in [1.29, 1.82) is 0 Å². The quantitative estimate of drug-likeness (QED) is 0.722. The van der Waals surface area contributed by atoms with Gasteiger partial charge in [-0.05, 0) is 51.4 Å². The highest BCUT2D eigenvalue weighted by molar-refractivity contribution is 6.31. The molecular weight excluding hydrogens is 260 g/mol. The number of hydrogen-bond acceptors (Lipinski definition) is 3. The van der Waals surface area contributed by atoms with Crippen molar-refractivity contribution < 1.29 is 5.11 Å². The molecule has 0 amide bonds. The molecule has 0 aromatic heterocycles. The topological polar surface area (TPSA) is 49.5 Å². The summed E-state index contributed by atoms with van der Waals surface area (Å²) in [5.41, 5.74) is 7.22. The van der Waals surface area contributed by atoms with Crippen molar-refractivity contribution >= 4 is 11.6 Å². The van der Waals surface area contributed by atoms with E-state index in [1.165, 1.54) is 0 Å². The molecule has 1 aromatic rings. The SMILES string of the molecule is CC(N)C(c1ccccc1Cl)N(C)CCCCCO. The third-order valence-corrected chi connectivity index (χ3v) is 3.71. The van der Waals surface area contributed by atoms with E-state index in [1.54, 1.807) is 0 Å². The van der Waals surface area contributed by atoms with Crippen LogP contribution in [0.1, 0.15) is 37.8 Å². The Morgan fingerprint density at radius 3 is 2.53 bits per heavy atom. The van der Waals surface area contributed by atoms with Crippen LogP contribution in [0, 0.1) is 0 Å². The smallest absolute Gasteiger partial charge is 0.0508 e. The molecule has 0 aliphatic carbocycles. The van der Waals surface area contributed by atoms with E-state index in [4.69, 9.17) is 22.4 Å². The van der Waals surface area contributed by atoms with E-state index in [0.717, 1.165) is 36.4 Å². The molecule has 2 atom stereocenters. The number of aliphatic hydroxyl groups is 1. The van der Waals surface area contributed by atoms with Crippen molar-refractivity contribution in [3.05, 3.63) is 34.9 Å². The molecule has 0 saturated carbocycles. The summed E-state index contributed by atoms with van der Waals surface area (Å²) in [6.07, 6.45) is 2.96. The standard InChI is InChI=1S/C15H25ClN2O/c1-12(17)15(13-8-4-5-9-14(13)16)18(2)10-6-3-7-11-19/h4-5,8-9,12,15,19H,3,6-7,10-11,17H2,1-2H3. The molecule has 3 nitrogen and oxygen atoms in total. The first-order valence-electron chi connectivity index (χ1n) is 6.89. The van der Waals surface area contributed by atoms with Crippen LogP contribution in [0.15, 0.2) is 24.3 Å². The summed E-state index contributed by atoms with van der Waals surface area (Å²) < 4.78 is 0. The molecule has 3 N–H and O–H groups in total. The average Bonchev–Trinajstić information content (AvgIpc) is 2.37. The Labute approximate surface area is 121 Å². The molecule has 1 aromatic carbocycles. The molecule has 0 bridgehead atoms. The molecular formula is C15H25ClN2O. The minimum atomic E-state index is 0.0164. The first-order chi connectivity index (χ1) is 9.07. The van der Waals surface area contributed by atoms with Gasteiger partial charge in [0.05, 0.1) is 6.04 Å². The third-order valence-electron chi connectivity index (χ3n) is 3.37. The maximum atomic E-state index is 8.79. The van der Waals surface area contributed by atoms with Gasteiger partial charge in [-0.25, -0.2) is 0 Å². The fraction of sp³-hybridized carbons (Fsp3) is 0.600. The van der Waals surface area contributed by atoms with Gasteiger partial charge in [0.2, 0.25) is 0 Å². The number of benzene rings is 1. The zero-order chi connectivity index (χ0) is 14.3. The number of nitrogens with zero attached hydrogens (tertiary/aromatic N) is 1. The van der Waals surface area contributed by atoms with Crippen LogP contribution in [-0.2, 0) is 0 Å². The minimum Gasteiger partial charge on any atom is -0.396 e. The van der Waals surface area contributed by atoms with E-state index < -0.39 is 0 Å². The summed E-state index contributed by atoms with van der Waals surface area (Å²) in [4.78, 5) is 2.25. The van der Waals surface area contributed by atoms with Crippen LogP contribution in [0.25, 0.3) is 0 Å². The molecule has 2 unspecified atom stereocenters. The second-order valence-electron chi connectivity index (χ2n) is 5.09. The van der Waals surface area contributed by atoms with Crippen LogP contribution < -0.4 is 5.73 Å². The highest BCUT2D eigenvalue weighted by atomic mass is 35.5. The first kappa shape index (κ1) is 16.4. The fourth-order valence-corrected chi connectivity index (χ4v) is 2.67. The molecule has 0 saturated heterocycles. The monoisotopic (exact) mass is 284 g/mol. The maximum absolute atomic E-state index is 8.79. The van der Waals surface area contributed by atoms with Gasteiger partial charge in [-0.3, -0.25) is 4.90 Å². The van der Waals surface area contributed by atoms with E-state index in [2.05, 4.69) is 11.9 Å². The van der Waals surface area contributed by atoms with Crippen LogP contribution >= 0.6 is 11.6 Å². The Hall–Kier alpha value is -0.610. The largest absolute Gasteiger partial charge is 0.396 e. The summed E-state index contributed by atoms with van der Waals surface area (Å²) in [6, 6.07) is 8.03. The van der Waals surface area contributed by atoms with Crippen molar-refractivity contribution in [2.24, 2.45) is 5.73 Å². The zero-order valence-electron chi connectivity index (χ0n) is 11.8. The van der Waals surface area contributed by atoms with Gasteiger partial charge in [0.25, 0.3) is 0 Å². The van der Waals surface area contributed by atoms with Gasteiger partial charge in [0, 0.05) is 17.7 Å². The van der Waals surface area contributed by atoms with Crippen molar-refractivity contribution in [2.45, 2.75) is 38.3 Å². The number of nitrogens with two attached hydrogens (primary N) is 1. The average molecular weight is 285 g/mol. The van der Waals surface area contributed by atoms with E-state index in [-0.39, 0.29) is 18.7 Å². The molecule has 4 heteroatoms. The van der Waals surface area contributed by atoms with Crippen LogP contribution in [0.2, 0.25) is 5.02 Å². The van der Waals surface area contributed by atoms with Crippen LogP contribution in [-0.4, -0.2) is 36.2 Å². The summed E-state index contributed by atoms with van der Waals surface area (Å²) in [7, 11) is 2.08. The van der Waals surface area contributed by atoms with Crippen molar-refractivity contribution in [3.63, 3.8) is 0 Å².